The highest BCUT2D eigenvalue weighted by atomic mass is 35.5. The predicted octanol–water partition coefficient (Wildman–Crippen LogP) is 2.18. The van der Waals surface area contributed by atoms with Crippen molar-refractivity contribution in [3.05, 3.63) is 59.1 Å². The monoisotopic (exact) mass is 486 g/mol. The van der Waals surface area contributed by atoms with Crippen LogP contribution in [0.4, 0.5) is 0 Å². The summed E-state index contributed by atoms with van der Waals surface area (Å²) in [5, 5.41) is 2.79. The van der Waals surface area contributed by atoms with E-state index in [1.165, 1.54) is 19.2 Å². The third-order valence-corrected chi connectivity index (χ3v) is 9.96. The normalized spacial score (nSPS) is 21.8. The molecule has 2 aromatic rings. The molecule has 1 heterocycles. The zero-order valence-electron chi connectivity index (χ0n) is 17.7. The molecule has 1 saturated heterocycles. The fourth-order valence-corrected chi connectivity index (χ4v) is 8.64. The van der Waals surface area contributed by atoms with Crippen LogP contribution in [0.5, 0.6) is 5.75 Å². The number of likely N-dealkylation sites (N-methyl/N-ethyl adjacent to an activating group) is 1. The van der Waals surface area contributed by atoms with Gasteiger partial charge in [-0.2, -0.15) is 0 Å². The lowest BCUT2D eigenvalue weighted by atomic mass is 10.1. The number of sulfone groups is 2. The first-order chi connectivity index (χ1) is 14.5. The standard InChI is InChI=1S/C21H27ClN2O5S2/c1-24(2)20(15-4-6-16(22)7-5-15)12-23-19-13-30(25,26)14-21(19)31(27,28)18-10-8-17(29-3)9-11-18/h4-11,19-21,23H,12-14H2,1-3H3/t19-,20?,21-/m0/s1. The molecule has 1 N–H and O–H groups in total. The van der Waals surface area contributed by atoms with Gasteiger partial charge in [0.1, 0.15) is 5.75 Å². The van der Waals surface area contributed by atoms with E-state index in [-0.39, 0.29) is 16.7 Å². The Hall–Kier alpha value is -1.65. The molecule has 0 radical (unpaired) electrons. The Labute approximate surface area is 189 Å². The van der Waals surface area contributed by atoms with Crippen LogP contribution in [0.3, 0.4) is 0 Å². The summed E-state index contributed by atoms with van der Waals surface area (Å²) >= 11 is 5.98. The van der Waals surface area contributed by atoms with Gasteiger partial charge in [-0.1, -0.05) is 23.7 Å². The van der Waals surface area contributed by atoms with Crippen molar-refractivity contribution in [2.24, 2.45) is 0 Å². The molecule has 2 aromatic carbocycles. The van der Waals surface area contributed by atoms with Crippen LogP contribution in [0.1, 0.15) is 11.6 Å². The van der Waals surface area contributed by atoms with Crippen molar-refractivity contribution in [3.63, 3.8) is 0 Å². The lowest BCUT2D eigenvalue weighted by molar-refractivity contribution is 0.282. The minimum atomic E-state index is -3.85. The maximum absolute atomic E-state index is 13.2. The Kier molecular flexibility index (Phi) is 7.32. The van der Waals surface area contributed by atoms with Gasteiger partial charge in [0.15, 0.2) is 19.7 Å². The summed E-state index contributed by atoms with van der Waals surface area (Å²) in [4.78, 5) is 2.08. The number of nitrogens with zero attached hydrogens (tertiary/aromatic N) is 1. The van der Waals surface area contributed by atoms with Gasteiger partial charge in [0.25, 0.3) is 0 Å². The molecule has 1 aliphatic rings. The van der Waals surface area contributed by atoms with E-state index in [0.717, 1.165) is 5.56 Å². The molecule has 0 spiro atoms. The Morgan fingerprint density at radius 3 is 2.26 bits per heavy atom. The quantitative estimate of drug-likeness (QED) is 0.611. The minimum absolute atomic E-state index is 0.0788. The molecular weight excluding hydrogens is 460 g/mol. The van der Waals surface area contributed by atoms with Crippen LogP contribution >= 0.6 is 11.6 Å². The first-order valence-electron chi connectivity index (χ1n) is 9.77. The molecule has 31 heavy (non-hydrogen) atoms. The molecule has 3 rings (SSSR count). The molecule has 0 bridgehead atoms. The van der Waals surface area contributed by atoms with E-state index in [9.17, 15) is 16.8 Å². The second-order valence-corrected chi connectivity index (χ2v) is 12.6. The van der Waals surface area contributed by atoms with Crippen molar-refractivity contribution in [1.29, 1.82) is 0 Å². The van der Waals surface area contributed by atoms with Crippen LogP contribution < -0.4 is 10.1 Å². The zero-order valence-corrected chi connectivity index (χ0v) is 20.0. The number of benzene rings is 2. The Bertz CT molecular complexity index is 1100. The van der Waals surface area contributed by atoms with Crippen LogP contribution in [0, 0.1) is 0 Å². The molecule has 0 aromatic heterocycles. The third kappa shape index (κ3) is 5.59. The highest BCUT2D eigenvalue weighted by Crippen LogP contribution is 2.28. The van der Waals surface area contributed by atoms with E-state index in [2.05, 4.69) is 5.32 Å². The van der Waals surface area contributed by atoms with Crippen LogP contribution in [-0.4, -0.2) is 72.3 Å². The second-order valence-electron chi connectivity index (χ2n) is 7.88. The topological polar surface area (TPSA) is 92.8 Å². The van der Waals surface area contributed by atoms with Crippen LogP contribution in [0.15, 0.2) is 53.4 Å². The summed E-state index contributed by atoms with van der Waals surface area (Å²) in [6.07, 6.45) is 0. The van der Waals surface area contributed by atoms with E-state index in [0.29, 0.717) is 17.3 Å². The second kappa shape index (κ2) is 9.46. The van der Waals surface area contributed by atoms with Crippen molar-refractivity contribution in [3.8, 4) is 5.75 Å². The third-order valence-electron chi connectivity index (χ3n) is 5.54. The van der Waals surface area contributed by atoms with Gasteiger partial charge < -0.3 is 15.0 Å². The Morgan fingerprint density at radius 2 is 1.71 bits per heavy atom. The molecule has 7 nitrogen and oxygen atoms in total. The van der Waals surface area contributed by atoms with Crippen molar-refractivity contribution in [1.82, 2.24) is 10.2 Å². The number of rotatable bonds is 8. The van der Waals surface area contributed by atoms with Crippen molar-refractivity contribution in [2.45, 2.75) is 22.2 Å². The first-order valence-corrected chi connectivity index (χ1v) is 13.5. The average molecular weight is 487 g/mol. The largest absolute Gasteiger partial charge is 0.497 e. The lowest BCUT2D eigenvalue weighted by Crippen LogP contribution is -2.46. The Morgan fingerprint density at radius 1 is 1.10 bits per heavy atom. The maximum atomic E-state index is 13.2. The molecule has 0 saturated carbocycles. The summed E-state index contributed by atoms with van der Waals surface area (Å²) < 4.78 is 56.3. The van der Waals surface area contributed by atoms with Crippen molar-refractivity contribution < 1.29 is 21.6 Å². The highest BCUT2D eigenvalue weighted by molar-refractivity contribution is 7.96. The predicted molar refractivity (Wildman–Crippen MR) is 122 cm³/mol. The van der Waals surface area contributed by atoms with Gasteiger partial charge >= 0.3 is 0 Å². The molecule has 10 heteroatoms. The number of methoxy groups -OCH3 is 1. The number of nitrogens with one attached hydrogen (secondary N) is 1. The average Bonchev–Trinajstić information content (AvgIpc) is 3.04. The fraction of sp³-hybridized carbons (Fsp3) is 0.429. The number of hydrogen-bond acceptors (Lipinski definition) is 7. The smallest absolute Gasteiger partial charge is 0.183 e. The van der Waals surface area contributed by atoms with Gasteiger partial charge in [-0.25, -0.2) is 16.8 Å². The SMILES string of the molecule is COc1ccc(S(=O)(=O)[C@H]2CS(=O)(=O)C[C@@H]2NCC(c2ccc(Cl)cc2)N(C)C)cc1. The Balaban J connectivity index is 1.83. The van der Waals surface area contributed by atoms with Gasteiger partial charge in [0.05, 0.1) is 28.8 Å². The summed E-state index contributed by atoms with van der Waals surface area (Å²) in [7, 11) is -2.01. The van der Waals surface area contributed by atoms with Crippen LogP contribution in [0.25, 0.3) is 0 Å². The maximum Gasteiger partial charge on any atom is 0.183 e. The number of ether oxygens (including phenoxy) is 1. The highest BCUT2D eigenvalue weighted by Gasteiger charge is 2.45. The van der Waals surface area contributed by atoms with Gasteiger partial charge in [-0.15, -0.1) is 0 Å². The molecule has 1 fully saturated rings. The lowest BCUT2D eigenvalue weighted by Gasteiger charge is -2.28. The number of hydrogen-bond donors (Lipinski definition) is 1. The van der Waals surface area contributed by atoms with Crippen LogP contribution in [0.2, 0.25) is 5.02 Å². The van der Waals surface area contributed by atoms with E-state index in [1.54, 1.807) is 24.3 Å². The number of halogens is 1. The molecule has 3 atom stereocenters. The van der Waals surface area contributed by atoms with Crippen molar-refractivity contribution in [2.75, 3.05) is 39.3 Å². The van der Waals surface area contributed by atoms with E-state index < -0.39 is 36.7 Å². The summed E-state index contributed by atoms with van der Waals surface area (Å²) in [6, 6.07) is 12.6. The van der Waals surface area contributed by atoms with Gasteiger partial charge in [-0.3, -0.25) is 0 Å². The van der Waals surface area contributed by atoms with Crippen LogP contribution in [-0.2, 0) is 19.7 Å². The zero-order chi connectivity index (χ0) is 22.8. The summed E-state index contributed by atoms with van der Waals surface area (Å²) in [5.41, 5.74) is 0.998. The summed E-state index contributed by atoms with van der Waals surface area (Å²) in [6.45, 7) is 0.392. The van der Waals surface area contributed by atoms with Gasteiger partial charge in [0, 0.05) is 23.7 Å². The molecule has 1 aliphatic heterocycles. The molecule has 1 unspecified atom stereocenters. The molecular formula is C21H27ClN2O5S2. The van der Waals surface area contributed by atoms with E-state index in [4.69, 9.17) is 16.3 Å². The molecule has 170 valence electrons. The van der Waals surface area contributed by atoms with Crippen molar-refractivity contribution >= 4 is 31.3 Å². The van der Waals surface area contributed by atoms with Gasteiger partial charge in [0.2, 0.25) is 0 Å². The van der Waals surface area contributed by atoms with Gasteiger partial charge in [-0.05, 0) is 56.1 Å². The molecule has 0 amide bonds. The van der Waals surface area contributed by atoms with E-state index >= 15 is 0 Å². The fourth-order valence-electron chi connectivity index (χ4n) is 3.80. The minimum Gasteiger partial charge on any atom is -0.497 e. The molecule has 0 aliphatic carbocycles. The summed E-state index contributed by atoms with van der Waals surface area (Å²) in [5.74, 6) is -0.0788. The first kappa shape index (κ1) is 24.0. The van der Waals surface area contributed by atoms with E-state index in [1.807, 2.05) is 31.1 Å².